The fourth-order valence-corrected chi connectivity index (χ4v) is 4.08. The lowest BCUT2D eigenvalue weighted by Crippen LogP contribution is -2.56. The molecule has 1 aliphatic rings. The number of amides is 1. The van der Waals surface area contributed by atoms with Crippen LogP contribution in [0.2, 0.25) is 0 Å². The van der Waals surface area contributed by atoms with Crippen LogP contribution in [0.15, 0.2) is 12.7 Å². The average molecular weight is 378 g/mol. The SMILES string of the molecule is CC[C@@H](C#N)N(CCF)C(=O)CN[C@]1(C)CC[C@H](Cn2cncn2)C1(C)C. The molecule has 1 N–H and O–H groups in total. The van der Waals surface area contributed by atoms with Gasteiger partial charge in [0.25, 0.3) is 0 Å². The lowest BCUT2D eigenvalue weighted by Gasteiger charge is -2.43. The van der Waals surface area contributed by atoms with Crippen LogP contribution in [-0.4, -0.2) is 56.9 Å². The first-order chi connectivity index (χ1) is 12.8. The molecule has 0 spiro atoms. The van der Waals surface area contributed by atoms with Crippen molar-refractivity contribution in [1.82, 2.24) is 25.0 Å². The van der Waals surface area contributed by atoms with E-state index in [4.69, 9.17) is 0 Å². The number of nitriles is 1. The second-order valence-electron chi connectivity index (χ2n) is 8.09. The van der Waals surface area contributed by atoms with Crippen LogP contribution in [0, 0.1) is 22.7 Å². The minimum Gasteiger partial charge on any atom is -0.323 e. The zero-order chi connectivity index (χ0) is 20.1. The Morgan fingerprint density at radius 1 is 1.52 bits per heavy atom. The van der Waals surface area contributed by atoms with Gasteiger partial charge < -0.3 is 10.2 Å². The predicted molar refractivity (Wildman–Crippen MR) is 100 cm³/mol. The maximum Gasteiger partial charge on any atom is 0.237 e. The summed E-state index contributed by atoms with van der Waals surface area (Å²) in [5.74, 6) is 0.175. The molecule has 27 heavy (non-hydrogen) atoms. The second kappa shape index (κ2) is 8.79. The molecular formula is C19H31FN6O. The van der Waals surface area contributed by atoms with Crippen molar-refractivity contribution in [2.45, 2.75) is 65.1 Å². The van der Waals surface area contributed by atoms with E-state index in [-0.39, 0.29) is 30.0 Å². The molecule has 1 amide bonds. The normalized spacial score (nSPS) is 25.1. The van der Waals surface area contributed by atoms with Gasteiger partial charge in [-0.05, 0) is 37.5 Å². The van der Waals surface area contributed by atoms with Gasteiger partial charge in [-0.3, -0.25) is 9.48 Å². The van der Waals surface area contributed by atoms with Crippen LogP contribution in [-0.2, 0) is 11.3 Å². The molecule has 8 heteroatoms. The standard InChI is InChI=1S/C19H31FN6O/c1-5-16(10-21)26(9-8-20)17(27)11-23-19(4)7-6-15(18(19,2)3)12-25-14-22-13-24-25/h13-16,23H,5-9,11-12H2,1-4H3/t15-,16+,19-/m1/s1. The molecule has 0 saturated heterocycles. The van der Waals surface area contributed by atoms with Crippen LogP contribution in [0.5, 0.6) is 0 Å². The summed E-state index contributed by atoms with van der Waals surface area (Å²) in [5.41, 5.74) is -0.298. The summed E-state index contributed by atoms with van der Waals surface area (Å²) >= 11 is 0. The van der Waals surface area contributed by atoms with E-state index in [0.29, 0.717) is 12.3 Å². The van der Waals surface area contributed by atoms with Gasteiger partial charge >= 0.3 is 0 Å². The van der Waals surface area contributed by atoms with Crippen molar-refractivity contribution in [3.05, 3.63) is 12.7 Å². The Morgan fingerprint density at radius 2 is 2.26 bits per heavy atom. The fraction of sp³-hybridized carbons (Fsp3) is 0.789. The summed E-state index contributed by atoms with van der Waals surface area (Å²) in [5, 5.41) is 16.9. The molecule has 1 fully saturated rings. The Labute approximate surface area is 160 Å². The summed E-state index contributed by atoms with van der Waals surface area (Å²) in [6.45, 7) is 8.60. The highest BCUT2D eigenvalue weighted by Gasteiger charge is 2.51. The molecule has 3 atom stereocenters. The predicted octanol–water partition coefficient (Wildman–Crippen LogP) is 2.16. The van der Waals surface area contributed by atoms with Crippen molar-refractivity contribution >= 4 is 5.91 Å². The highest BCUT2D eigenvalue weighted by atomic mass is 19.1. The smallest absolute Gasteiger partial charge is 0.237 e. The van der Waals surface area contributed by atoms with E-state index < -0.39 is 12.7 Å². The van der Waals surface area contributed by atoms with E-state index in [9.17, 15) is 14.4 Å². The third-order valence-electron chi connectivity index (χ3n) is 6.50. The van der Waals surface area contributed by atoms with Crippen LogP contribution >= 0.6 is 0 Å². The Balaban J connectivity index is 2.03. The Hall–Kier alpha value is -2.01. The van der Waals surface area contributed by atoms with E-state index >= 15 is 0 Å². The maximum atomic E-state index is 12.9. The van der Waals surface area contributed by atoms with Crippen molar-refractivity contribution in [3.63, 3.8) is 0 Å². The van der Waals surface area contributed by atoms with Crippen LogP contribution in [0.25, 0.3) is 0 Å². The summed E-state index contributed by atoms with van der Waals surface area (Å²) in [7, 11) is 0. The van der Waals surface area contributed by atoms with Gasteiger partial charge in [0.15, 0.2) is 0 Å². The number of rotatable bonds is 9. The number of aromatic nitrogens is 3. The van der Waals surface area contributed by atoms with Crippen molar-refractivity contribution < 1.29 is 9.18 Å². The van der Waals surface area contributed by atoms with Crippen molar-refractivity contribution in [2.75, 3.05) is 19.8 Å². The molecule has 0 aromatic carbocycles. The van der Waals surface area contributed by atoms with Gasteiger partial charge in [0.2, 0.25) is 5.91 Å². The molecule has 0 radical (unpaired) electrons. The zero-order valence-electron chi connectivity index (χ0n) is 16.8. The Kier molecular flexibility index (Phi) is 6.93. The largest absolute Gasteiger partial charge is 0.323 e. The Morgan fingerprint density at radius 3 is 2.81 bits per heavy atom. The van der Waals surface area contributed by atoms with Gasteiger partial charge in [-0.25, -0.2) is 9.37 Å². The molecule has 0 aliphatic heterocycles. The van der Waals surface area contributed by atoms with E-state index in [0.717, 1.165) is 19.4 Å². The summed E-state index contributed by atoms with van der Waals surface area (Å²) in [6.07, 6.45) is 5.71. The van der Waals surface area contributed by atoms with Crippen LogP contribution in [0.3, 0.4) is 0 Å². The van der Waals surface area contributed by atoms with Gasteiger partial charge in [0.1, 0.15) is 25.4 Å². The summed E-state index contributed by atoms with van der Waals surface area (Å²) < 4.78 is 14.7. The number of alkyl halides is 1. The fourth-order valence-electron chi connectivity index (χ4n) is 4.08. The lowest BCUT2D eigenvalue weighted by molar-refractivity contribution is -0.132. The topological polar surface area (TPSA) is 86.8 Å². The maximum absolute atomic E-state index is 12.9. The first kappa shape index (κ1) is 21.3. The van der Waals surface area contributed by atoms with Gasteiger partial charge in [-0.15, -0.1) is 0 Å². The van der Waals surface area contributed by atoms with Crippen molar-refractivity contribution in [2.24, 2.45) is 11.3 Å². The molecule has 150 valence electrons. The molecule has 1 aromatic rings. The number of halogens is 1. The third-order valence-corrected chi connectivity index (χ3v) is 6.50. The minimum atomic E-state index is -0.646. The number of nitrogens with one attached hydrogen (secondary N) is 1. The van der Waals surface area contributed by atoms with Gasteiger partial charge in [0, 0.05) is 12.1 Å². The zero-order valence-corrected chi connectivity index (χ0v) is 16.8. The molecule has 1 aromatic heterocycles. The molecule has 0 unspecified atom stereocenters. The molecule has 1 aliphatic carbocycles. The monoisotopic (exact) mass is 378 g/mol. The highest BCUT2D eigenvalue weighted by molar-refractivity contribution is 5.79. The van der Waals surface area contributed by atoms with Gasteiger partial charge in [0.05, 0.1) is 19.2 Å². The average Bonchev–Trinajstić information content (AvgIpc) is 3.23. The first-order valence-corrected chi connectivity index (χ1v) is 9.61. The van der Waals surface area contributed by atoms with E-state index in [1.807, 2.05) is 11.6 Å². The molecule has 1 heterocycles. The molecule has 7 nitrogen and oxygen atoms in total. The summed E-state index contributed by atoms with van der Waals surface area (Å²) in [6, 6.07) is 1.51. The Bertz CT molecular complexity index is 656. The second-order valence-corrected chi connectivity index (χ2v) is 8.09. The van der Waals surface area contributed by atoms with Crippen LogP contribution in [0.4, 0.5) is 4.39 Å². The summed E-state index contributed by atoms with van der Waals surface area (Å²) in [4.78, 5) is 18.0. The lowest BCUT2D eigenvalue weighted by atomic mass is 9.71. The third kappa shape index (κ3) is 4.46. The molecular weight excluding hydrogens is 347 g/mol. The minimum absolute atomic E-state index is 0.0401. The van der Waals surface area contributed by atoms with E-state index in [2.05, 4.69) is 42.2 Å². The quantitative estimate of drug-likeness (QED) is 0.712. The highest BCUT2D eigenvalue weighted by Crippen LogP contribution is 2.50. The van der Waals surface area contributed by atoms with E-state index in [1.165, 1.54) is 11.2 Å². The number of carbonyl (C=O) groups is 1. The number of hydrogen-bond acceptors (Lipinski definition) is 5. The van der Waals surface area contributed by atoms with Crippen LogP contribution in [0.1, 0.15) is 47.0 Å². The van der Waals surface area contributed by atoms with Crippen molar-refractivity contribution in [1.29, 1.82) is 5.26 Å². The number of nitrogens with zero attached hydrogens (tertiary/aromatic N) is 5. The molecule has 0 bridgehead atoms. The molecule has 2 rings (SSSR count). The van der Waals surface area contributed by atoms with E-state index in [1.54, 1.807) is 6.33 Å². The number of carbonyl (C=O) groups excluding carboxylic acids is 1. The molecule has 1 saturated carbocycles. The van der Waals surface area contributed by atoms with Crippen molar-refractivity contribution in [3.8, 4) is 6.07 Å². The van der Waals surface area contributed by atoms with Gasteiger partial charge in [-0.1, -0.05) is 20.8 Å². The van der Waals surface area contributed by atoms with Gasteiger partial charge in [-0.2, -0.15) is 10.4 Å². The number of hydrogen-bond donors (Lipinski definition) is 1. The first-order valence-electron chi connectivity index (χ1n) is 9.61. The van der Waals surface area contributed by atoms with Crippen LogP contribution < -0.4 is 5.32 Å².